The first kappa shape index (κ1) is 12.5. The van der Waals surface area contributed by atoms with E-state index in [9.17, 15) is 14.7 Å². The lowest BCUT2D eigenvalue weighted by molar-refractivity contribution is -0.136. The van der Waals surface area contributed by atoms with Gasteiger partial charge in [0.05, 0.1) is 6.61 Å². The Hall–Kier alpha value is -1.93. The molecule has 0 spiro atoms. The maximum atomic E-state index is 11.4. The predicted molar refractivity (Wildman–Crippen MR) is 58.5 cm³/mol. The Labute approximate surface area is 102 Å². The summed E-state index contributed by atoms with van der Waals surface area (Å²) in [5.74, 6) is -1.57. The molecule has 2 heterocycles. The molecule has 3 N–H and O–H groups in total. The van der Waals surface area contributed by atoms with E-state index in [0.29, 0.717) is 13.0 Å². The number of rotatable bonds is 3. The Bertz CT molecular complexity index is 425. The summed E-state index contributed by atoms with van der Waals surface area (Å²) in [6.07, 6.45) is 1.70. The van der Waals surface area contributed by atoms with Gasteiger partial charge in [-0.2, -0.15) is 0 Å². The Kier molecular flexibility index (Phi) is 3.58. The Balaban J connectivity index is 1.79. The van der Waals surface area contributed by atoms with Crippen LogP contribution in [0.25, 0.3) is 0 Å². The molecule has 98 valence electrons. The molecule has 1 atom stereocenters. The van der Waals surface area contributed by atoms with Gasteiger partial charge in [0, 0.05) is 25.6 Å². The number of amides is 2. The second kappa shape index (κ2) is 5.15. The van der Waals surface area contributed by atoms with Crippen LogP contribution in [0.5, 0.6) is 0 Å². The quantitative estimate of drug-likeness (QED) is 0.589. The van der Waals surface area contributed by atoms with Crippen LogP contribution in [0, 0.1) is 0 Å². The highest BCUT2D eigenvalue weighted by Gasteiger charge is 2.33. The number of carbonyl (C=O) groups excluding carboxylic acids is 2. The van der Waals surface area contributed by atoms with Crippen molar-refractivity contribution in [2.75, 3.05) is 25.1 Å². The van der Waals surface area contributed by atoms with Crippen LogP contribution in [0.2, 0.25) is 0 Å². The number of aromatic nitrogens is 1. The lowest BCUT2D eigenvalue weighted by Gasteiger charge is -2.20. The van der Waals surface area contributed by atoms with Gasteiger partial charge in [0.1, 0.15) is 11.9 Å². The topological polar surface area (TPSA) is 114 Å². The number of nitrogens with zero attached hydrogens (tertiary/aromatic N) is 1. The van der Waals surface area contributed by atoms with Gasteiger partial charge in [-0.05, 0) is 0 Å². The molecule has 0 saturated carbocycles. The van der Waals surface area contributed by atoms with Crippen molar-refractivity contribution in [2.24, 2.45) is 0 Å². The van der Waals surface area contributed by atoms with Gasteiger partial charge in [0.15, 0.2) is 5.82 Å². The number of hydrogen-bond donors (Lipinski definition) is 3. The average molecular weight is 255 g/mol. The van der Waals surface area contributed by atoms with Crippen molar-refractivity contribution >= 4 is 17.6 Å². The zero-order valence-corrected chi connectivity index (χ0v) is 9.51. The van der Waals surface area contributed by atoms with Crippen LogP contribution in [0.4, 0.5) is 5.82 Å². The molecule has 1 saturated heterocycles. The van der Waals surface area contributed by atoms with Crippen molar-refractivity contribution in [3.63, 3.8) is 0 Å². The normalized spacial score (nSPS) is 22.7. The largest absolute Gasteiger partial charge is 0.386 e. The highest BCUT2D eigenvalue weighted by atomic mass is 16.5. The van der Waals surface area contributed by atoms with Gasteiger partial charge in [-0.3, -0.25) is 14.9 Å². The van der Waals surface area contributed by atoms with Gasteiger partial charge < -0.3 is 19.7 Å². The highest BCUT2D eigenvalue weighted by molar-refractivity contribution is 6.39. The number of hydrogen-bond acceptors (Lipinski definition) is 6. The molecule has 8 nitrogen and oxygen atoms in total. The fourth-order valence-electron chi connectivity index (χ4n) is 1.51. The van der Waals surface area contributed by atoms with Gasteiger partial charge in [0.2, 0.25) is 0 Å². The second-order valence-electron chi connectivity index (χ2n) is 4.05. The maximum Gasteiger partial charge on any atom is 0.314 e. The summed E-state index contributed by atoms with van der Waals surface area (Å²) < 4.78 is 9.51. The minimum absolute atomic E-state index is 0.0297. The molecule has 0 bridgehead atoms. The Morgan fingerprint density at radius 2 is 2.33 bits per heavy atom. The Morgan fingerprint density at radius 1 is 1.50 bits per heavy atom. The van der Waals surface area contributed by atoms with E-state index in [1.54, 1.807) is 0 Å². The zero-order chi connectivity index (χ0) is 13.0. The molecule has 0 aliphatic carbocycles. The van der Waals surface area contributed by atoms with Crippen molar-refractivity contribution in [3.8, 4) is 0 Å². The number of nitrogens with one attached hydrogen (secondary N) is 2. The molecule has 1 fully saturated rings. The minimum Gasteiger partial charge on any atom is -0.386 e. The Morgan fingerprint density at radius 3 is 2.94 bits per heavy atom. The van der Waals surface area contributed by atoms with Crippen LogP contribution in [0.1, 0.15) is 6.42 Å². The molecular weight excluding hydrogens is 242 g/mol. The van der Waals surface area contributed by atoms with Gasteiger partial charge >= 0.3 is 11.8 Å². The number of carbonyl (C=O) groups is 2. The maximum absolute atomic E-state index is 11.4. The molecule has 0 aromatic carbocycles. The molecule has 0 radical (unpaired) electrons. The molecule has 0 unspecified atom stereocenters. The molecule has 1 aliphatic rings. The third-order valence-corrected chi connectivity index (χ3v) is 2.55. The molecule has 1 aromatic heterocycles. The first-order valence-corrected chi connectivity index (χ1v) is 5.39. The van der Waals surface area contributed by atoms with E-state index in [1.807, 2.05) is 0 Å². The van der Waals surface area contributed by atoms with Crippen molar-refractivity contribution in [3.05, 3.63) is 12.3 Å². The number of aliphatic hydroxyl groups is 1. The minimum atomic E-state index is -1.09. The highest BCUT2D eigenvalue weighted by Crippen LogP contribution is 2.16. The van der Waals surface area contributed by atoms with Crippen molar-refractivity contribution < 1.29 is 24.0 Å². The fraction of sp³-hybridized carbons (Fsp3) is 0.500. The average Bonchev–Trinajstić information content (AvgIpc) is 2.98. The second-order valence-corrected chi connectivity index (χ2v) is 4.05. The first-order chi connectivity index (χ1) is 8.59. The third-order valence-electron chi connectivity index (χ3n) is 2.55. The number of anilines is 1. The van der Waals surface area contributed by atoms with Crippen molar-refractivity contribution in [1.82, 2.24) is 10.5 Å². The van der Waals surface area contributed by atoms with Gasteiger partial charge in [-0.25, -0.2) is 0 Å². The van der Waals surface area contributed by atoms with E-state index in [2.05, 4.69) is 20.3 Å². The van der Waals surface area contributed by atoms with E-state index in [0.717, 1.165) is 0 Å². The van der Waals surface area contributed by atoms with Gasteiger partial charge in [-0.1, -0.05) is 5.16 Å². The van der Waals surface area contributed by atoms with Crippen LogP contribution in [-0.2, 0) is 14.3 Å². The smallest absolute Gasteiger partial charge is 0.314 e. The van der Waals surface area contributed by atoms with E-state index in [-0.39, 0.29) is 19.0 Å². The molecular formula is C10H13N3O5. The summed E-state index contributed by atoms with van der Waals surface area (Å²) in [6, 6.07) is 1.41. The van der Waals surface area contributed by atoms with Crippen LogP contribution in [-0.4, -0.2) is 47.4 Å². The first-order valence-electron chi connectivity index (χ1n) is 5.39. The van der Waals surface area contributed by atoms with Crippen molar-refractivity contribution in [2.45, 2.75) is 12.0 Å². The van der Waals surface area contributed by atoms with Crippen LogP contribution in [0.3, 0.4) is 0 Å². The zero-order valence-electron chi connectivity index (χ0n) is 9.51. The van der Waals surface area contributed by atoms with E-state index in [1.165, 1.54) is 12.3 Å². The molecule has 2 amide bonds. The monoisotopic (exact) mass is 255 g/mol. The summed E-state index contributed by atoms with van der Waals surface area (Å²) in [4.78, 5) is 22.8. The summed E-state index contributed by atoms with van der Waals surface area (Å²) in [6.45, 7) is 0.563. The van der Waals surface area contributed by atoms with Gasteiger partial charge in [0.25, 0.3) is 0 Å². The lowest BCUT2D eigenvalue weighted by Crippen LogP contribution is -2.46. The molecule has 18 heavy (non-hydrogen) atoms. The summed E-state index contributed by atoms with van der Waals surface area (Å²) in [5.41, 5.74) is -1.09. The van der Waals surface area contributed by atoms with Crippen molar-refractivity contribution in [1.29, 1.82) is 0 Å². The third kappa shape index (κ3) is 3.05. The predicted octanol–water partition coefficient (Wildman–Crippen LogP) is -1.12. The summed E-state index contributed by atoms with van der Waals surface area (Å²) in [5, 5.41) is 17.9. The molecule has 8 heteroatoms. The van der Waals surface area contributed by atoms with E-state index >= 15 is 0 Å². The van der Waals surface area contributed by atoms with Crippen LogP contribution < -0.4 is 10.6 Å². The molecule has 1 aliphatic heterocycles. The van der Waals surface area contributed by atoms with Crippen LogP contribution >= 0.6 is 0 Å². The summed E-state index contributed by atoms with van der Waals surface area (Å²) in [7, 11) is 0. The number of ether oxygens (including phenoxy) is 1. The van der Waals surface area contributed by atoms with E-state index < -0.39 is 17.4 Å². The van der Waals surface area contributed by atoms with Gasteiger partial charge in [-0.15, -0.1) is 0 Å². The summed E-state index contributed by atoms with van der Waals surface area (Å²) >= 11 is 0. The standard InChI is InChI=1S/C10H13N3O5/c14-8(9(15)12-7-1-3-18-13-7)11-5-10(16)2-4-17-6-10/h1,3,16H,2,4-6H2,(H,11,14)(H,12,13,15)/t10-/m0/s1. The molecule has 2 rings (SSSR count). The molecule has 1 aromatic rings. The lowest BCUT2D eigenvalue weighted by atomic mass is 10.0. The SMILES string of the molecule is O=C(NC[C@@]1(O)CCOC1)C(=O)Nc1ccon1. The fourth-order valence-corrected chi connectivity index (χ4v) is 1.51. The van der Waals surface area contributed by atoms with Crippen LogP contribution in [0.15, 0.2) is 16.9 Å². The van der Waals surface area contributed by atoms with E-state index in [4.69, 9.17) is 4.74 Å².